The Morgan fingerprint density at radius 3 is 2.52 bits per heavy atom. The SMILES string of the molecule is O=c1c2ccccc2nc(-c2ccccc2)n1N=Cc1cc(O)ccc1[N+](=O)[O-]. The molecular weight excluding hydrogens is 372 g/mol. The predicted octanol–water partition coefficient (Wildman–Crippen LogP) is 3.56. The highest BCUT2D eigenvalue weighted by molar-refractivity contribution is 5.86. The molecule has 0 saturated carbocycles. The van der Waals surface area contributed by atoms with Gasteiger partial charge in [0.1, 0.15) is 5.75 Å². The minimum absolute atomic E-state index is 0.0640. The third-order valence-corrected chi connectivity index (χ3v) is 4.31. The van der Waals surface area contributed by atoms with Crippen molar-refractivity contribution in [3.05, 3.63) is 98.8 Å². The number of fused-ring (bicyclic) bond motifs is 1. The number of aromatic nitrogens is 2. The molecule has 1 heterocycles. The third-order valence-electron chi connectivity index (χ3n) is 4.31. The highest BCUT2D eigenvalue weighted by Crippen LogP contribution is 2.22. The van der Waals surface area contributed by atoms with Crippen LogP contribution in [0.2, 0.25) is 0 Å². The van der Waals surface area contributed by atoms with Crippen molar-refractivity contribution in [3.63, 3.8) is 0 Å². The average Bonchev–Trinajstić information content (AvgIpc) is 2.73. The molecule has 0 saturated heterocycles. The van der Waals surface area contributed by atoms with Gasteiger partial charge < -0.3 is 5.11 Å². The van der Waals surface area contributed by atoms with Crippen LogP contribution < -0.4 is 5.56 Å². The fourth-order valence-electron chi connectivity index (χ4n) is 2.94. The molecule has 0 spiro atoms. The van der Waals surface area contributed by atoms with Crippen molar-refractivity contribution in [2.45, 2.75) is 0 Å². The summed E-state index contributed by atoms with van der Waals surface area (Å²) in [5.41, 5.74) is 0.598. The summed E-state index contributed by atoms with van der Waals surface area (Å²) in [5, 5.41) is 25.5. The maximum absolute atomic E-state index is 13.1. The molecule has 0 radical (unpaired) electrons. The third kappa shape index (κ3) is 3.46. The van der Waals surface area contributed by atoms with E-state index < -0.39 is 10.5 Å². The molecule has 0 aliphatic rings. The van der Waals surface area contributed by atoms with Crippen LogP contribution in [0.3, 0.4) is 0 Å². The molecular formula is C21H14N4O4. The quantitative estimate of drug-likeness (QED) is 0.327. The first-order chi connectivity index (χ1) is 14.0. The van der Waals surface area contributed by atoms with Gasteiger partial charge in [0.05, 0.1) is 27.6 Å². The van der Waals surface area contributed by atoms with E-state index in [1.54, 1.807) is 36.4 Å². The van der Waals surface area contributed by atoms with E-state index in [0.29, 0.717) is 22.3 Å². The van der Waals surface area contributed by atoms with Gasteiger partial charge in [-0.25, -0.2) is 4.98 Å². The van der Waals surface area contributed by atoms with E-state index in [0.717, 1.165) is 4.68 Å². The van der Waals surface area contributed by atoms with E-state index in [1.807, 2.05) is 18.2 Å². The van der Waals surface area contributed by atoms with Gasteiger partial charge in [0.25, 0.3) is 11.2 Å². The van der Waals surface area contributed by atoms with E-state index in [2.05, 4.69) is 10.1 Å². The van der Waals surface area contributed by atoms with Crippen LogP contribution >= 0.6 is 0 Å². The smallest absolute Gasteiger partial charge is 0.282 e. The first-order valence-electron chi connectivity index (χ1n) is 8.63. The number of nitro benzene ring substituents is 1. The number of hydrogen-bond acceptors (Lipinski definition) is 6. The first-order valence-corrected chi connectivity index (χ1v) is 8.63. The van der Waals surface area contributed by atoms with Gasteiger partial charge in [-0.1, -0.05) is 42.5 Å². The van der Waals surface area contributed by atoms with Gasteiger partial charge in [0.15, 0.2) is 5.82 Å². The van der Waals surface area contributed by atoms with Gasteiger partial charge >= 0.3 is 0 Å². The molecule has 1 N–H and O–H groups in total. The number of rotatable bonds is 4. The van der Waals surface area contributed by atoms with Crippen LogP contribution in [-0.4, -0.2) is 25.9 Å². The number of aromatic hydroxyl groups is 1. The largest absolute Gasteiger partial charge is 0.508 e. The number of hydrogen-bond donors (Lipinski definition) is 1. The standard InChI is InChI=1S/C21H14N4O4/c26-16-10-11-19(25(28)29)15(12-16)13-22-24-20(14-6-2-1-3-7-14)23-18-9-5-4-8-17(18)21(24)27/h1-13,26H. The zero-order valence-electron chi connectivity index (χ0n) is 15.0. The van der Waals surface area contributed by atoms with Gasteiger partial charge in [-0.15, -0.1) is 0 Å². The summed E-state index contributed by atoms with van der Waals surface area (Å²) < 4.78 is 1.10. The summed E-state index contributed by atoms with van der Waals surface area (Å²) in [6.07, 6.45) is 1.17. The van der Waals surface area contributed by atoms with Crippen molar-refractivity contribution < 1.29 is 10.0 Å². The van der Waals surface area contributed by atoms with Gasteiger partial charge in [-0.3, -0.25) is 14.9 Å². The van der Waals surface area contributed by atoms with Crippen molar-refractivity contribution in [2.75, 3.05) is 0 Å². The van der Waals surface area contributed by atoms with Crippen molar-refractivity contribution in [3.8, 4) is 17.1 Å². The molecule has 0 fully saturated rings. The van der Waals surface area contributed by atoms with E-state index in [9.17, 15) is 20.0 Å². The Morgan fingerprint density at radius 1 is 1.03 bits per heavy atom. The van der Waals surface area contributed by atoms with Crippen LogP contribution in [0.1, 0.15) is 5.56 Å². The van der Waals surface area contributed by atoms with E-state index in [-0.39, 0.29) is 17.0 Å². The van der Waals surface area contributed by atoms with Crippen LogP contribution in [0, 0.1) is 10.1 Å². The molecule has 8 nitrogen and oxygen atoms in total. The Bertz CT molecular complexity index is 1310. The summed E-state index contributed by atoms with van der Waals surface area (Å²) in [5.74, 6) is 0.151. The molecule has 0 unspecified atom stereocenters. The van der Waals surface area contributed by atoms with E-state index in [4.69, 9.17) is 0 Å². The topological polar surface area (TPSA) is 111 Å². The van der Waals surface area contributed by atoms with Crippen molar-refractivity contribution in [1.82, 2.24) is 9.66 Å². The molecule has 0 amide bonds. The van der Waals surface area contributed by atoms with Gasteiger partial charge in [-0.2, -0.15) is 9.78 Å². The first kappa shape index (κ1) is 18.1. The lowest BCUT2D eigenvalue weighted by Crippen LogP contribution is -2.20. The zero-order chi connectivity index (χ0) is 20.4. The van der Waals surface area contributed by atoms with Crippen molar-refractivity contribution in [2.24, 2.45) is 5.10 Å². The molecule has 1 aromatic heterocycles. The second-order valence-electron chi connectivity index (χ2n) is 6.18. The van der Waals surface area contributed by atoms with E-state index in [1.165, 1.54) is 24.4 Å². The number of benzene rings is 3. The Kier molecular flexibility index (Phi) is 4.58. The monoisotopic (exact) mass is 386 g/mol. The Labute approximate surface area is 164 Å². The number of nitro groups is 1. The highest BCUT2D eigenvalue weighted by Gasteiger charge is 2.15. The minimum atomic E-state index is -0.583. The van der Waals surface area contributed by atoms with Crippen LogP contribution in [0.5, 0.6) is 5.75 Å². The van der Waals surface area contributed by atoms with Crippen LogP contribution in [0.25, 0.3) is 22.3 Å². The molecule has 29 heavy (non-hydrogen) atoms. The number of nitrogens with zero attached hydrogens (tertiary/aromatic N) is 4. The lowest BCUT2D eigenvalue weighted by atomic mass is 10.2. The van der Waals surface area contributed by atoms with Crippen molar-refractivity contribution in [1.29, 1.82) is 0 Å². The Morgan fingerprint density at radius 2 is 1.76 bits per heavy atom. The van der Waals surface area contributed by atoms with Crippen LogP contribution in [0.4, 0.5) is 5.69 Å². The number of para-hydroxylation sites is 1. The van der Waals surface area contributed by atoms with Crippen molar-refractivity contribution >= 4 is 22.8 Å². The van der Waals surface area contributed by atoms with Crippen LogP contribution in [-0.2, 0) is 0 Å². The second-order valence-corrected chi connectivity index (χ2v) is 6.18. The lowest BCUT2D eigenvalue weighted by molar-refractivity contribution is -0.385. The number of phenolic OH excluding ortho intramolecular Hbond substituents is 1. The summed E-state index contributed by atoms with van der Waals surface area (Å²) in [6.45, 7) is 0. The summed E-state index contributed by atoms with van der Waals surface area (Å²) in [6, 6.07) is 19.5. The fraction of sp³-hybridized carbons (Fsp3) is 0. The molecule has 0 atom stereocenters. The average molecular weight is 386 g/mol. The molecule has 142 valence electrons. The number of phenols is 1. The normalized spacial score (nSPS) is 11.2. The van der Waals surface area contributed by atoms with Gasteiger partial charge in [-0.05, 0) is 24.3 Å². The second kappa shape index (κ2) is 7.35. The molecule has 4 aromatic rings. The zero-order valence-corrected chi connectivity index (χ0v) is 15.0. The minimum Gasteiger partial charge on any atom is -0.508 e. The molecule has 3 aromatic carbocycles. The summed E-state index contributed by atoms with van der Waals surface area (Å²) in [7, 11) is 0. The van der Waals surface area contributed by atoms with Gasteiger partial charge in [0, 0.05) is 11.6 Å². The maximum atomic E-state index is 13.1. The summed E-state index contributed by atoms with van der Waals surface area (Å²) >= 11 is 0. The van der Waals surface area contributed by atoms with Crippen LogP contribution in [0.15, 0.2) is 82.7 Å². The lowest BCUT2D eigenvalue weighted by Gasteiger charge is -2.09. The highest BCUT2D eigenvalue weighted by atomic mass is 16.6. The molecule has 0 aliphatic heterocycles. The summed E-state index contributed by atoms with van der Waals surface area (Å²) in [4.78, 5) is 28.3. The predicted molar refractivity (Wildman–Crippen MR) is 109 cm³/mol. The molecule has 0 aliphatic carbocycles. The fourth-order valence-corrected chi connectivity index (χ4v) is 2.94. The maximum Gasteiger partial charge on any atom is 0.282 e. The molecule has 0 bridgehead atoms. The van der Waals surface area contributed by atoms with Gasteiger partial charge in [0.2, 0.25) is 0 Å². The Hall–Kier alpha value is -4.33. The van der Waals surface area contributed by atoms with E-state index >= 15 is 0 Å². The Balaban J connectivity index is 1.95. The molecule has 8 heteroatoms. The molecule has 4 rings (SSSR count).